The molecule has 80 valence electrons. The molecule has 1 aromatic heterocycles. The average Bonchev–Trinajstić information content (AvgIpc) is 2.61. The van der Waals surface area contributed by atoms with E-state index >= 15 is 0 Å². The maximum atomic E-state index is 4.27. The number of likely N-dealkylation sites (N-methyl/N-ethyl adjacent to an activating group) is 1. The Bertz CT molecular complexity index is 459. The number of benzene rings is 1. The van der Waals surface area contributed by atoms with Gasteiger partial charge < -0.3 is 5.32 Å². The lowest BCUT2D eigenvalue weighted by atomic mass is 10.0. The maximum Gasteiger partial charge on any atom is 0.0926 e. The zero-order valence-electron chi connectivity index (χ0n) is 9.46. The summed E-state index contributed by atoms with van der Waals surface area (Å²) >= 11 is 0. The quantitative estimate of drug-likeness (QED) is 0.801. The molecule has 0 spiro atoms. The zero-order valence-corrected chi connectivity index (χ0v) is 9.46. The van der Waals surface area contributed by atoms with Gasteiger partial charge in [-0.15, -0.1) is 0 Å². The van der Waals surface area contributed by atoms with Gasteiger partial charge in [-0.2, -0.15) is 5.10 Å². The molecule has 0 bridgehead atoms. The second-order valence-electron chi connectivity index (χ2n) is 4.05. The third-order valence-electron chi connectivity index (χ3n) is 2.87. The normalized spacial score (nSPS) is 13.3. The van der Waals surface area contributed by atoms with Crippen LogP contribution in [-0.4, -0.2) is 23.3 Å². The van der Waals surface area contributed by atoms with E-state index in [1.54, 1.807) is 0 Å². The van der Waals surface area contributed by atoms with Crippen LogP contribution in [0.4, 0.5) is 0 Å². The molecule has 1 atom stereocenters. The van der Waals surface area contributed by atoms with Crippen molar-refractivity contribution >= 4 is 10.9 Å². The number of hydrogen-bond donors (Lipinski definition) is 2. The summed E-state index contributed by atoms with van der Waals surface area (Å²) in [6.07, 6.45) is 1.04. The minimum absolute atomic E-state index is 0.491. The van der Waals surface area contributed by atoms with Crippen molar-refractivity contribution in [3.63, 3.8) is 0 Å². The van der Waals surface area contributed by atoms with Crippen molar-refractivity contribution in [3.05, 3.63) is 29.5 Å². The van der Waals surface area contributed by atoms with E-state index in [4.69, 9.17) is 0 Å². The summed E-state index contributed by atoms with van der Waals surface area (Å²) in [5.41, 5.74) is 3.58. The number of aromatic nitrogens is 2. The summed E-state index contributed by atoms with van der Waals surface area (Å²) in [5, 5.41) is 11.8. The predicted octanol–water partition coefficient (Wildman–Crippen LogP) is 2.02. The van der Waals surface area contributed by atoms with Gasteiger partial charge in [0.2, 0.25) is 0 Å². The molecule has 2 rings (SSSR count). The Morgan fingerprint density at radius 1 is 1.47 bits per heavy atom. The predicted molar refractivity (Wildman–Crippen MR) is 63.1 cm³/mol. The van der Waals surface area contributed by atoms with Crippen LogP contribution in [0.3, 0.4) is 0 Å². The molecule has 0 amide bonds. The van der Waals surface area contributed by atoms with Gasteiger partial charge in [-0.3, -0.25) is 5.10 Å². The molecule has 1 heterocycles. The van der Waals surface area contributed by atoms with Gasteiger partial charge in [-0.1, -0.05) is 12.1 Å². The number of hydrogen-bond acceptors (Lipinski definition) is 2. The Morgan fingerprint density at radius 3 is 3.00 bits per heavy atom. The summed E-state index contributed by atoms with van der Waals surface area (Å²) in [4.78, 5) is 0. The van der Waals surface area contributed by atoms with E-state index < -0.39 is 0 Å². The minimum atomic E-state index is 0.491. The van der Waals surface area contributed by atoms with E-state index in [0.29, 0.717) is 6.04 Å². The van der Waals surface area contributed by atoms with Crippen molar-refractivity contribution in [1.29, 1.82) is 0 Å². The summed E-state index contributed by atoms with van der Waals surface area (Å²) in [6, 6.07) is 6.79. The maximum absolute atomic E-state index is 4.27. The van der Waals surface area contributed by atoms with Gasteiger partial charge in [0.1, 0.15) is 0 Å². The molecule has 3 heteroatoms. The largest absolute Gasteiger partial charge is 0.317 e. The fourth-order valence-corrected chi connectivity index (χ4v) is 1.91. The molecule has 1 unspecified atom stereocenters. The van der Waals surface area contributed by atoms with E-state index in [2.05, 4.69) is 41.5 Å². The fraction of sp³-hybridized carbons (Fsp3) is 0.417. The van der Waals surface area contributed by atoms with Gasteiger partial charge in [-0.05, 0) is 38.9 Å². The first-order valence-corrected chi connectivity index (χ1v) is 5.32. The molecular weight excluding hydrogens is 186 g/mol. The van der Waals surface area contributed by atoms with Crippen molar-refractivity contribution in [2.45, 2.75) is 26.3 Å². The first kappa shape index (κ1) is 10.2. The molecule has 15 heavy (non-hydrogen) atoms. The van der Waals surface area contributed by atoms with Crippen molar-refractivity contribution in [2.75, 3.05) is 7.05 Å². The standard InChI is InChI=1S/C12H17N3/c1-8(13-3)7-10-5-4-6-11-12(10)9(2)14-15-11/h4-6,8,13H,7H2,1-3H3,(H,14,15). The van der Waals surface area contributed by atoms with E-state index in [9.17, 15) is 0 Å². The number of nitrogens with zero attached hydrogens (tertiary/aromatic N) is 1. The molecule has 2 N–H and O–H groups in total. The van der Waals surface area contributed by atoms with E-state index in [0.717, 1.165) is 17.6 Å². The van der Waals surface area contributed by atoms with E-state index in [1.165, 1.54) is 10.9 Å². The average molecular weight is 203 g/mol. The lowest BCUT2D eigenvalue weighted by Crippen LogP contribution is -2.23. The van der Waals surface area contributed by atoms with Crippen LogP contribution < -0.4 is 5.32 Å². The first-order chi connectivity index (χ1) is 7.22. The second-order valence-corrected chi connectivity index (χ2v) is 4.05. The molecule has 0 aliphatic rings. The Kier molecular flexibility index (Phi) is 2.73. The third-order valence-corrected chi connectivity index (χ3v) is 2.87. The first-order valence-electron chi connectivity index (χ1n) is 5.32. The minimum Gasteiger partial charge on any atom is -0.317 e. The number of nitrogens with one attached hydrogen (secondary N) is 2. The Morgan fingerprint density at radius 2 is 2.27 bits per heavy atom. The van der Waals surface area contributed by atoms with Gasteiger partial charge in [0.25, 0.3) is 0 Å². The molecule has 2 aromatic rings. The van der Waals surface area contributed by atoms with E-state index in [-0.39, 0.29) is 0 Å². The zero-order chi connectivity index (χ0) is 10.8. The molecule has 0 saturated heterocycles. The summed E-state index contributed by atoms with van der Waals surface area (Å²) in [6.45, 7) is 4.26. The highest BCUT2D eigenvalue weighted by atomic mass is 15.1. The van der Waals surface area contributed by atoms with Crippen LogP contribution in [0.5, 0.6) is 0 Å². The fourth-order valence-electron chi connectivity index (χ4n) is 1.91. The van der Waals surface area contributed by atoms with Crippen LogP contribution in [0.25, 0.3) is 10.9 Å². The molecule has 1 aromatic carbocycles. The SMILES string of the molecule is CNC(C)Cc1cccc2n[nH]c(C)c12. The van der Waals surface area contributed by atoms with Gasteiger partial charge in [0.05, 0.1) is 5.52 Å². The highest BCUT2D eigenvalue weighted by Gasteiger charge is 2.08. The van der Waals surface area contributed by atoms with Crippen LogP contribution in [0.2, 0.25) is 0 Å². The highest BCUT2D eigenvalue weighted by Crippen LogP contribution is 2.21. The van der Waals surface area contributed by atoms with Crippen LogP contribution in [0.15, 0.2) is 18.2 Å². The highest BCUT2D eigenvalue weighted by molar-refractivity contribution is 5.84. The monoisotopic (exact) mass is 203 g/mol. The number of aryl methyl sites for hydroxylation is 1. The molecular formula is C12H17N3. The van der Waals surface area contributed by atoms with Crippen molar-refractivity contribution in [3.8, 4) is 0 Å². The van der Waals surface area contributed by atoms with Crippen LogP contribution in [0, 0.1) is 6.92 Å². The van der Waals surface area contributed by atoms with Crippen molar-refractivity contribution in [2.24, 2.45) is 0 Å². The number of rotatable bonds is 3. The number of fused-ring (bicyclic) bond motifs is 1. The molecule has 0 aliphatic heterocycles. The molecule has 0 saturated carbocycles. The summed E-state index contributed by atoms with van der Waals surface area (Å²) in [7, 11) is 1.99. The molecule has 0 fully saturated rings. The Hall–Kier alpha value is -1.35. The van der Waals surface area contributed by atoms with Crippen molar-refractivity contribution < 1.29 is 0 Å². The second kappa shape index (κ2) is 4.03. The smallest absolute Gasteiger partial charge is 0.0926 e. The van der Waals surface area contributed by atoms with E-state index in [1.807, 2.05) is 13.1 Å². The molecule has 0 radical (unpaired) electrons. The van der Waals surface area contributed by atoms with Gasteiger partial charge in [0.15, 0.2) is 0 Å². The topological polar surface area (TPSA) is 40.7 Å². The third kappa shape index (κ3) is 1.88. The van der Waals surface area contributed by atoms with Crippen LogP contribution in [-0.2, 0) is 6.42 Å². The van der Waals surface area contributed by atoms with Crippen LogP contribution >= 0.6 is 0 Å². The lowest BCUT2D eigenvalue weighted by Gasteiger charge is -2.10. The Labute approximate surface area is 89.9 Å². The van der Waals surface area contributed by atoms with Crippen molar-refractivity contribution in [1.82, 2.24) is 15.5 Å². The Balaban J connectivity index is 2.45. The van der Waals surface area contributed by atoms with Gasteiger partial charge in [-0.25, -0.2) is 0 Å². The molecule has 0 aliphatic carbocycles. The lowest BCUT2D eigenvalue weighted by molar-refractivity contribution is 0.610. The number of aromatic amines is 1. The summed E-state index contributed by atoms with van der Waals surface area (Å²) < 4.78 is 0. The summed E-state index contributed by atoms with van der Waals surface area (Å²) in [5.74, 6) is 0. The van der Waals surface area contributed by atoms with Crippen LogP contribution in [0.1, 0.15) is 18.2 Å². The van der Waals surface area contributed by atoms with Gasteiger partial charge in [0, 0.05) is 17.1 Å². The van der Waals surface area contributed by atoms with Gasteiger partial charge >= 0.3 is 0 Å². The molecule has 3 nitrogen and oxygen atoms in total. The number of H-pyrrole nitrogens is 1.